The van der Waals surface area contributed by atoms with Crippen LogP contribution in [0.1, 0.15) is 30.0 Å². The van der Waals surface area contributed by atoms with Gasteiger partial charge in [-0.25, -0.2) is 9.18 Å². The van der Waals surface area contributed by atoms with E-state index in [9.17, 15) is 18.8 Å². The first kappa shape index (κ1) is 19.6. The molecular formula is C21H19FN4O4. The molecule has 2 aliphatic heterocycles. The molecule has 2 atom stereocenters. The first-order valence-electron chi connectivity index (χ1n) is 9.34. The van der Waals surface area contributed by atoms with Crippen molar-refractivity contribution in [1.82, 2.24) is 16.0 Å². The highest BCUT2D eigenvalue weighted by molar-refractivity contribution is 6.07. The van der Waals surface area contributed by atoms with E-state index in [1.165, 1.54) is 12.1 Å². The maximum atomic E-state index is 13.4. The van der Waals surface area contributed by atoms with Crippen molar-refractivity contribution in [2.24, 2.45) is 5.16 Å². The third-order valence-corrected chi connectivity index (χ3v) is 5.13. The Labute approximate surface area is 171 Å². The second-order valence-corrected chi connectivity index (χ2v) is 7.30. The van der Waals surface area contributed by atoms with Crippen molar-refractivity contribution in [2.45, 2.75) is 31.5 Å². The molecule has 154 valence electrons. The third kappa shape index (κ3) is 3.73. The Balaban J connectivity index is 1.37. The molecule has 0 aliphatic carbocycles. The summed E-state index contributed by atoms with van der Waals surface area (Å²) in [4.78, 5) is 41.3. The number of imide groups is 1. The quantitative estimate of drug-likeness (QED) is 0.652. The summed E-state index contributed by atoms with van der Waals surface area (Å²) in [5, 5.41) is 11.5. The van der Waals surface area contributed by atoms with Crippen molar-refractivity contribution in [3.8, 4) is 0 Å². The van der Waals surface area contributed by atoms with Gasteiger partial charge in [-0.3, -0.25) is 14.9 Å². The summed E-state index contributed by atoms with van der Waals surface area (Å²) in [6.45, 7) is 1.82. The highest BCUT2D eigenvalue weighted by Gasteiger charge is 2.43. The minimum atomic E-state index is -1.17. The number of nitrogens with zero attached hydrogens (tertiary/aromatic N) is 1. The van der Waals surface area contributed by atoms with E-state index >= 15 is 0 Å². The molecule has 2 aromatic rings. The summed E-state index contributed by atoms with van der Waals surface area (Å²) in [5.74, 6) is -1.17. The van der Waals surface area contributed by atoms with Gasteiger partial charge in [0.05, 0.1) is 5.71 Å². The van der Waals surface area contributed by atoms with Crippen LogP contribution in [0.4, 0.5) is 9.18 Å². The number of hydrogen-bond acceptors (Lipinski definition) is 5. The van der Waals surface area contributed by atoms with Crippen LogP contribution in [-0.2, 0) is 26.5 Å². The van der Waals surface area contributed by atoms with Crippen LogP contribution in [0.5, 0.6) is 0 Å². The van der Waals surface area contributed by atoms with Crippen molar-refractivity contribution in [1.29, 1.82) is 0 Å². The van der Waals surface area contributed by atoms with Crippen molar-refractivity contribution in [2.75, 3.05) is 0 Å². The fourth-order valence-corrected chi connectivity index (χ4v) is 3.40. The Bertz CT molecular complexity index is 1070. The molecule has 4 rings (SSSR count). The maximum absolute atomic E-state index is 13.4. The number of oxime groups is 1. The van der Waals surface area contributed by atoms with E-state index in [-0.39, 0.29) is 24.7 Å². The summed E-state index contributed by atoms with van der Waals surface area (Å²) in [6, 6.07) is 12.4. The Kier molecular flexibility index (Phi) is 4.94. The predicted molar refractivity (Wildman–Crippen MR) is 105 cm³/mol. The van der Waals surface area contributed by atoms with E-state index in [4.69, 9.17) is 4.84 Å². The van der Waals surface area contributed by atoms with Gasteiger partial charge in [0.25, 0.3) is 11.8 Å². The van der Waals surface area contributed by atoms with Gasteiger partial charge in [0, 0.05) is 18.5 Å². The number of carbonyl (C=O) groups is 3. The van der Waals surface area contributed by atoms with Gasteiger partial charge in [-0.05, 0) is 30.2 Å². The highest BCUT2D eigenvalue weighted by atomic mass is 19.1. The second kappa shape index (κ2) is 7.58. The number of carbonyl (C=O) groups excluding carboxylic acids is 3. The van der Waals surface area contributed by atoms with E-state index in [2.05, 4.69) is 21.1 Å². The van der Waals surface area contributed by atoms with E-state index in [1.807, 2.05) is 0 Å². The van der Waals surface area contributed by atoms with Crippen molar-refractivity contribution in [3.05, 3.63) is 71.0 Å². The van der Waals surface area contributed by atoms with E-state index in [0.29, 0.717) is 16.8 Å². The van der Waals surface area contributed by atoms with E-state index < -0.39 is 23.6 Å². The molecule has 0 spiro atoms. The van der Waals surface area contributed by atoms with Crippen LogP contribution in [0.25, 0.3) is 0 Å². The van der Waals surface area contributed by atoms with Crippen molar-refractivity contribution < 1.29 is 23.6 Å². The zero-order valence-electron chi connectivity index (χ0n) is 16.1. The number of nitrogens with one attached hydrogen (secondary N) is 3. The molecule has 9 heteroatoms. The van der Waals surface area contributed by atoms with Crippen LogP contribution in [0.15, 0.2) is 53.7 Å². The summed E-state index contributed by atoms with van der Waals surface area (Å²) >= 11 is 0. The topological polar surface area (TPSA) is 109 Å². The zero-order chi connectivity index (χ0) is 21.3. The predicted octanol–water partition coefficient (Wildman–Crippen LogP) is 1.69. The highest BCUT2D eigenvalue weighted by Crippen LogP contribution is 2.25. The minimum Gasteiger partial charge on any atom is -0.382 e. The van der Waals surface area contributed by atoms with Crippen LogP contribution < -0.4 is 16.0 Å². The van der Waals surface area contributed by atoms with Crippen LogP contribution in [0.2, 0.25) is 0 Å². The number of urea groups is 1. The summed E-state index contributed by atoms with van der Waals surface area (Å²) in [5.41, 5.74) is 1.27. The van der Waals surface area contributed by atoms with Crippen LogP contribution >= 0.6 is 0 Å². The Morgan fingerprint density at radius 3 is 2.80 bits per heavy atom. The minimum absolute atomic E-state index is 0.202. The maximum Gasteiger partial charge on any atom is 0.322 e. The number of benzene rings is 2. The zero-order valence-corrected chi connectivity index (χ0v) is 16.1. The molecule has 4 amide bonds. The van der Waals surface area contributed by atoms with E-state index in [1.54, 1.807) is 43.3 Å². The molecule has 2 unspecified atom stereocenters. The van der Waals surface area contributed by atoms with Gasteiger partial charge in [-0.15, -0.1) is 0 Å². The van der Waals surface area contributed by atoms with Crippen LogP contribution in [-0.4, -0.2) is 29.7 Å². The average Bonchev–Trinajstić information content (AvgIpc) is 3.32. The number of halogens is 1. The van der Waals surface area contributed by atoms with Crippen LogP contribution in [0, 0.1) is 5.82 Å². The number of rotatable bonds is 5. The number of amides is 4. The second-order valence-electron chi connectivity index (χ2n) is 7.30. The molecule has 30 heavy (non-hydrogen) atoms. The molecule has 2 aromatic carbocycles. The van der Waals surface area contributed by atoms with Gasteiger partial charge in [-0.2, -0.15) is 0 Å². The molecule has 2 aliphatic rings. The lowest BCUT2D eigenvalue weighted by Crippen LogP contribution is -2.40. The summed E-state index contributed by atoms with van der Waals surface area (Å²) < 4.78 is 13.4. The van der Waals surface area contributed by atoms with Gasteiger partial charge in [0.1, 0.15) is 11.4 Å². The number of hydrogen-bond donors (Lipinski definition) is 3. The first-order valence-corrected chi connectivity index (χ1v) is 9.34. The molecular weight excluding hydrogens is 391 g/mol. The monoisotopic (exact) mass is 410 g/mol. The van der Waals surface area contributed by atoms with Crippen LogP contribution in [0.3, 0.4) is 0 Å². The molecule has 3 N–H and O–H groups in total. The van der Waals surface area contributed by atoms with Gasteiger partial charge >= 0.3 is 6.03 Å². The van der Waals surface area contributed by atoms with Gasteiger partial charge < -0.3 is 15.5 Å². The van der Waals surface area contributed by atoms with E-state index in [0.717, 1.165) is 5.56 Å². The fraction of sp³-hybridized carbons (Fsp3) is 0.238. The summed E-state index contributed by atoms with van der Waals surface area (Å²) in [7, 11) is 0. The molecule has 0 bridgehead atoms. The standard InChI is InChI=1S/C21H19FN4O4/c1-21(19(28)24-20(29)25-21)14-6-2-4-12(8-14)11-23-18(27)17-10-16(26-30-17)13-5-3-7-15(22)9-13/h2-9,17H,10-11H2,1H3,(H,23,27)(H2,24,25,28,29). The Hall–Kier alpha value is -3.75. The molecule has 8 nitrogen and oxygen atoms in total. The largest absolute Gasteiger partial charge is 0.382 e. The molecule has 0 aromatic heterocycles. The SMILES string of the molecule is CC1(c2cccc(CNC(=O)C3CC(c4cccc(F)c4)=NO3)c2)NC(=O)NC1=O. The fourth-order valence-electron chi connectivity index (χ4n) is 3.40. The van der Waals surface area contributed by atoms with Gasteiger partial charge in [0.2, 0.25) is 6.10 Å². The Morgan fingerprint density at radius 1 is 1.27 bits per heavy atom. The molecule has 1 saturated heterocycles. The van der Waals surface area contributed by atoms with Gasteiger partial charge in [-0.1, -0.05) is 41.6 Å². The lowest BCUT2D eigenvalue weighted by molar-refractivity contribution is -0.131. The molecule has 2 heterocycles. The molecule has 0 radical (unpaired) electrons. The average molecular weight is 410 g/mol. The van der Waals surface area contributed by atoms with Crippen molar-refractivity contribution in [3.63, 3.8) is 0 Å². The molecule has 0 saturated carbocycles. The Morgan fingerprint density at radius 2 is 2.07 bits per heavy atom. The van der Waals surface area contributed by atoms with Crippen molar-refractivity contribution >= 4 is 23.6 Å². The smallest absolute Gasteiger partial charge is 0.322 e. The molecule has 1 fully saturated rings. The first-order chi connectivity index (χ1) is 14.3. The lowest BCUT2D eigenvalue weighted by Gasteiger charge is -2.21. The third-order valence-electron chi connectivity index (χ3n) is 5.13. The van der Waals surface area contributed by atoms with Gasteiger partial charge in [0.15, 0.2) is 0 Å². The summed E-state index contributed by atoms with van der Waals surface area (Å²) in [6.07, 6.45) is -0.566. The lowest BCUT2D eigenvalue weighted by atomic mass is 9.91. The normalized spacial score (nSPS) is 22.7.